The summed E-state index contributed by atoms with van der Waals surface area (Å²) in [4.78, 5) is 2.17. The lowest BCUT2D eigenvalue weighted by Crippen LogP contribution is -2.51. The van der Waals surface area contributed by atoms with Gasteiger partial charge in [0.1, 0.15) is 0 Å². The Balaban J connectivity index is 2.64. The molecule has 1 aliphatic rings. The first-order valence-electron chi connectivity index (χ1n) is 4.06. The Morgan fingerprint density at radius 3 is 2.33 bits per heavy atom. The van der Waals surface area contributed by atoms with Gasteiger partial charge in [0, 0.05) is 25.7 Å². The summed E-state index contributed by atoms with van der Waals surface area (Å²) in [5.41, 5.74) is 0. The van der Waals surface area contributed by atoms with E-state index in [1.807, 2.05) is 14.0 Å². The second-order valence-corrected chi connectivity index (χ2v) is 5.43. The lowest BCUT2D eigenvalue weighted by molar-refractivity contribution is 0.160. The summed E-state index contributed by atoms with van der Waals surface area (Å²) < 4.78 is 23.8. The Labute approximate surface area is 74.2 Å². The van der Waals surface area contributed by atoms with Crippen LogP contribution in [0.5, 0.6) is 0 Å². The van der Waals surface area contributed by atoms with E-state index in [4.69, 9.17) is 0 Å². The predicted molar refractivity (Wildman–Crippen MR) is 48.5 cm³/mol. The molecule has 4 nitrogen and oxygen atoms in total. The van der Waals surface area contributed by atoms with Crippen molar-refractivity contribution in [2.75, 3.05) is 32.9 Å². The molecule has 0 amide bonds. The molecule has 1 rings (SSSR count). The number of sulfonamides is 1. The zero-order valence-corrected chi connectivity index (χ0v) is 8.63. The van der Waals surface area contributed by atoms with Crippen molar-refractivity contribution in [2.45, 2.75) is 13.0 Å². The zero-order valence-electron chi connectivity index (χ0n) is 7.82. The summed E-state index contributed by atoms with van der Waals surface area (Å²) in [6.45, 7) is 4.11. The van der Waals surface area contributed by atoms with Gasteiger partial charge in [-0.2, -0.15) is 4.31 Å². The highest BCUT2D eigenvalue weighted by Gasteiger charge is 2.25. The van der Waals surface area contributed by atoms with Crippen molar-refractivity contribution in [2.24, 2.45) is 0 Å². The summed E-state index contributed by atoms with van der Waals surface area (Å²) >= 11 is 0. The van der Waals surface area contributed by atoms with E-state index in [9.17, 15) is 8.42 Å². The van der Waals surface area contributed by atoms with Gasteiger partial charge in [0.2, 0.25) is 10.0 Å². The van der Waals surface area contributed by atoms with Gasteiger partial charge in [0.05, 0.1) is 6.26 Å². The molecule has 1 atom stereocenters. The van der Waals surface area contributed by atoms with Gasteiger partial charge >= 0.3 is 0 Å². The molecule has 1 heterocycles. The van der Waals surface area contributed by atoms with Crippen LogP contribution in [0.15, 0.2) is 0 Å². The third kappa shape index (κ3) is 2.18. The smallest absolute Gasteiger partial charge is 0.211 e. The zero-order chi connectivity index (χ0) is 9.35. The van der Waals surface area contributed by atoms with Crippen molar-refractivity contribution in [3.63, 3.8) is 0 Å². The number of likely N-dealkylation sites (N-methyl/N-ethyl adjacent to an activating group) is 1. The van der Waals surface area contributed by atoms with Crippen LogP contribution in [-0.4, -0.2) is 56.6 Å². The molecule has 0 radical (unpaired) electrons. The molecule has 0 unspecified atom stereocenters. The van der Waals surface area contributed by atoms with Gasteiger partial charge in [-0.25, -0.2) is 8.42 Å². The van der Waals surface area contributed by atoms with E-state index in [0.29, 0.717) is 19.1 Å². The highest BCUT2D eigenvalue weighted by atomic mass is 32.2. The van der Waals surface area contributed by atoms with Crippen LogP contribution in [0.2, 0.25) is 0 Å². The van der Waals surface area contributed by atoms with Crippen LogP contribution >= 0.6 is 0 Å². The Morgan fingerprint density at radius 1 is 1.33 bits per heavy atom. The molecule has 12 heavy (non-hydrogen) atoms. The van der Waals surface area contributed by atoms with Gasteiger partial charge in [-0.15, -0.1) is 0 Å². The van der Waals surface area contributed by atoms with Crippen molar-refractivity contribution in [1.82, 2.24) is 9.21 Å². The molecule has 1 aliphatic heterocycles. The van der Waals surface area contributed by atoms with Crippen LogP contribution in [0.4, 0.5) is 0 Å². The number of nitrogens with zero attached hydrogens (tertiary/aromatic N) is 2. The largest absolute Gasteiger partial charge is 0.301 e. The number of rotatable bonds is 1. The van der Waals surface area contributed by atoms with Crippen LogP contribution in [0.3, 0.4) is 0 Å². The maximum absolute atomic E-state index is 11.1. The molecule has 1 fully saturated rings. The second-order valence-electron chi connectivity index (χ2n) is 3.45. The fourth-order valence-electron chi connectivity index (χ4n) is 1.32. The van der Waals surface area contributed by atoms with Crippen LogP contribution < -0.4 is 0 Å². The Bertz CT molecular complexity index is 250. The molecule has 5 heteroatoms. The Kier molecular flexibility index (Phi) is 2.75. The molecule has 1 saturated heterocycles. The molecule has 0 N–H and O–H groups in total. The average molecular weight is 192 g/mol. The van der Waals surface area contributed by atoms with Crippen molar-refractivity contribution in [3.8, 4) is 0 Å². The normalized spacial score (nSPS) is 29.1. The molecule has 0 saturated carbocycles. The first-order valence-corrected chi connectivity index (χ1v) is 5.91. The monoisotopic (exact) mass is 192 g/mol. The maximum atomic E-state index is 11.1. The minimum absolute atomic E-state index is 0.327. The maximum Gasteiger partial charge on any atom is 0.211 e. The summed E-state index contributed by atoms with van der Waals surface area (Å²) in [6, 6.07) is 0.327. The van der Waals surface area contributed by atoms with Gasteiger partial charge in [-0.3, -0.25) is 0 Å². The Hall–Kier alpha value is -0.130. The molecular weight excluding hydrogens is 176 g/mol. The van der Waals surface area contributed by atoms with E-state index in [1.165, 1.54) is 10.6 Å². The fourth-order valence-corrected chi connectivity index (χ4v) is 2.22. The van der Waals surface area contributed by atoms with Crippen molar-refractivity contribution in [1.29, 1.82) is 0 Å². The van der Waals surface area contributed by atoms with E-state index in [0.717, 1.165) is 6.54 Å². The van der Waals surface area contributed by atoms with Crippen LogP contribution in [0, 0.1) is 0 Å². The van der Waals surface area contributed by atoms with E-state index in [2.05, 4.69) is 4.90 Å². The lowest BCUT2D eigenvalue weighted by atomic mass is 10.2. The van der Waals surface area contributed by atoms with E-state index < -0.39 is 10.0 Å². The molecule has 0 aromatic carbocycles. The first-order chi connectivity index (χ1) is 5.41. The number of piperazine rings is 1. The van der Waals surface area contributed by atoms with E-state index >= 15 is 0 Å². The van der Waals surface area contributed by atoms with Crippen molar-refractivity contribution in [3.05, 3.63) is 0 Å². The lowest BCUT2D eigenvalue weighted by Gasteiger charge is -2.36. The summed E-state index contributed by atoms with van der Waals surface area (Å²) in [5, 5.41) is 0. The number of hydrogen-bond acceptors (Lipinski definition) is 3. The SMILES string of the molecule is C[C@H]1CN(S(C)(=O)=O)CCN1C. The fraction of sp³-hybridized carbons (Fsp3) is 1.00. The standard InChI is InChI=1S/C7H16N2O2S/c1-7-6-9(12(3,10)11)5-4-8(7)2/h7H,4-6H2,1-3H3/t7-/m0/s1. The van der Waals surface area contributed by atoms with Gasteiger partial charge in [0.25, 0.3) is 0 Å². The minimum atomic E-state index is -2.98. The van der Waals surface area contributed by atoms with Gasteiger partial charge in [0.15, 0.2) is 0 Å². The average Bonchev–Trinajstić information content (AvgIpc) is 1.92. The molecule has 0 bridgehead atoms. The number of hydrogen-bond donors (Lipinski definition) is 0. The van der Waals surface area contributed by atoms with Crippen molar-refractivity contribution >= 4 is 10.0 Å². The first kappa shape index (κ1) is 9.95. The quantitative estimate of drug-likeness (QED) is 0.566. The predicted octanol–water partition coefficient (Wildman–Crippen LogP) is -0.418. The Morgan fingerprint density at radius 2 is 1.92 bits per heavy atom. The third-order valence-corrected chi connectivity index (χ3v) is 3.66. The van der Waals surface area contributed by atoms with Gasteiger partial charge in [-0.1, -0.05) is 0 Å². The summed E-state index contributed by atoms with van der Waals surface area (Å²) in [5.74, 6) is 0. The summed E-state index contributed by atoms with van der Waals surface area (Å²) in [7, 11) is -0.957. The van der Waals surface area contributed by atoms with Crippen molar-refractivity contribution < 1.29 is 8.42 Å². The van der Waals surface area contributed by atoms with Gasteiger partial charge < -0.3 is 4.90 Å². The molecule has 0 spiro atoms. The third-order valence-electron chi connectivity index (χ3n) is 2.39. The highest BCUT2D eigenvalue weighted by molar-refractivity contribution is 7.88. The highest BCUT2D eigenvalue weighted by Crippen LogP contribution is 2.09. The van der Waals surface area contributed by atoms with E-state index in [-0.39, 0.29) is 0 Å². The summed E-state index contributed by atoms with van der Waals surface area (Å²) in [6.07, 6.45) is 1.27. The molecule has 0 aromatic heterocycles. The van der Waals surface area contributed by atoms with E-state index in [1.54, 1.807) is 0 Å². The van der Waals surface area contributed by atoms with Crippen LogP contribution in [0.1, 0.15) is 6.92 Å². The molecule has 72 valence electrons. The second kappa shape index (κ2) is 3.32. The molecule has 0 aromatic rings. The van der Waals surface area contributed by atoms with Gasteiger partial charge in [-0.05, 0) is 14.0 Å². The topological polar surface area (TPSA) is 40.6 Å². The van der Waals surface area contributed by atoms with Crippen LogP contribution in [0.25, 0.3) is 0 Å². The molecule has 0 aliphatic carbocycles. The molecular formula is C7H16N2O2S. The van der Waals surface area contributed by atoms with Crippen LogP contribution in [-0.2, 0) is 10.0 Å². The minimum Gasteiger partial charge on any atom is -0.301 e.